The first kappa shape index (κ1) is 26.2. The summed E-state index contributed by atoms with van der Waals surface area (Å²) in [6.07, 6.45) is 2.35. The minimum absolute atomic E-state index is 0.00445. The van der Waals surface area contributed by atoms with E-state index in [1.54, 1.807) is 23.6 Å². The molecule has 0 radical (unpaired) electrons. The Hall–Kier alpha value is -1.03. The predicted octanol–water partition coefficient (Wildman–Crippen LogP) is 2.94. The quantitative estimate of drug-likeness (QED) is 0.399. The molecule has 0 bridgehead atoms. The number of hydrogen-bond donors (Lipinski definition) is 2. The van der Waals surface area contributed by atoms with Gasteiger partial charge in [0.25, 0.3) is 0 Å². The smallest absolute Gasteiger partial charge is 0.412 e. The number of nitrogens with zero attached hydrogens (tertiary/aromatic N) is 1. The second-order valence-corrected chi connectivity index (χ2v) is 11.6. The largest absolute Gasteiger partial charge is 0.465 e. The van der Waals surface area contributed by atoms with E-state index in [4.69, 9.17) is 14.2 Å². The summed E-state index contributed by atoms with van der Waals surface area (Å²) < 4.78 is 17.1. The van der Waals surface area contributed by atoms with Crippen molar-refractivity contribution < 1.29 is 34.0 Å². The molecule has 31 heavy (non-hydrogen) atoms. The topological polar surface area (TPSA) is 106 Å². The number of rotatable bonds is 9. The molecule has 2 rings (SSSR count). The number of unbranched alkanes of at least 4 members (excludes halogenated alkanes) is 1. The molecule has 0 spiro atoms. The third kappa shape index (κ3) is 6.97. The van der Waals surface area contributed by atoms with Gasteiger partial charge in [0.2, 0.25) is 0 Å². The lowest BCUT2D eigenvalue weighted by Gasteiger charge is -2.34. The van der Waals surface area contributed by atoms with Gasteiger partial charge in [0.15, 0.2) is 0 Å². The molecule has 180 valence electrons. The van der Waals surface area contributed by atoms with E-state index >= 15 is 0 Å². The van der Waals surface area contributed by atoms with Crippen LogP contribution < -0.4 is 0 Å². The van der Waals surface area contributed by atoms with Gasteiger partial charge in [-0.25, -0.2) is 4.79 Å². The zero-order valence-electron chi connectivity index (χ0n) is 19.7. The van der Waals surface area contributed by atoms with E-state index in [-0.39, 0.29) is 49.3 Å². The molecule has 1 amide bonds. The van der Waals surface area contributed by atoms with Gasteiger partial charge in [-0.2, -0.15) is 11.8 Å². The van der Waals surface area contributed by atoms with E-state index in [1.165, 1.54) is 0 Å². The molecule has 2 heterocycles. The van der Waals surface area contributed by atoms with Crippen molar-refractivity contribution in [2.45, 2.75) is 95.9 Å². The van der Waals surface area contributed by atoms with Crippen molar-refractivity contribution in [3.63, 3.8) is 0 Å². The van der Waals surface area contributed by atoms with Gasteiger partial charge >= 0.3 is 12.1 Å². The molecule has 3 atom stereocenters. The molecule has 0 unspecified atom stereocenters. The molecule has 0 aliphatic carbocycles. The van der Waals surface area contributed by atoms with Crippen LogP contribution in [0.1, 0.15) is 67.2 Å². The van der Waals surface area contributed by atoms with Crippen LogP contribution in [-0.2, 0) is 19.0 Å². The Morgan fingerprint density at radius 3 is 2.39 bits per heavy atom. The summed E-state index contributed by atoms with van der Waals surface area (Å²) in [4.78, 5) is 26.5. The summed E-state index contributed by atoms with van der Waals surface area (Å²) in [5.74, 6) is 0.487. The number of hydrogen-bond acceptors (Lipinski definition) is 8. The van der Waals surface area contributed by atoms with Crippen molar-refractivity contribution in [2.24, 2.45) is 5.41 Å². The van der Waals surface area contributed by atoms with Crippen molar-refractivity contribution in [1.82, 2.24) is 4.90 Å². The van der Waals surface area contributed by atoms with Crippen LogP contribution in [0.2, 0.25) is 0 Å². The number of carbonyl (C=O) groups is 2. The minimum Gasteiger partial charge on any atom is -0.465 e. The highest BCUT2D eigenvalue weighted by atomic mass is 32.2. The predicted molar refractivity (Wildman–Crippen MR) is 119 cm³/mol. The molecule has 2 saturated heterocycles. The van der Waals surface area contributed by atoms with E-state index in [1.807, 2.05) is 34.6 Å². The number of fused-ring (bicyclic) bond motifs is 1. The number of aliphatic hydroxyl groups excluding tert-OH is 2. The fourth-order valence-corrected chi connectivity index (χ4v) is 5.36. The first-order valence-electron chi connectivity index (χ1n) is 11.0. The molecule has 0 aromatic heterocycles. The first-order chi connectivity index (χ1) is 14.3. The van der Waals surface area contributed by atoms with Gasteiger partial charge in [-0.3, -0.25) is 9.69 Å². The summed E-state index contributed by atoms with van der Waals surface area (Å²) in [6.45, 7) is 10.6. The SMILES string of the molecule is CC(CO)(CO)COC(=O)CCCC[C@@H]1SC[C@H]2[C@@H]1OC(C)(C)N2C(=O)OC(C)(C)C. The zero-order chi connectivity index (χ0) is 23.4. The zero-order valence-corrected chi connectivity index (χ0v) is 20.5. The second-order valence-electron chi connectivity index (χ2n) is 10.4. The third-order valence-corrected chi connectivity index (χ3v) is 7.08. The first-order valence-corrected chi connectivity index (χ1v) is 12.1. The van der Waals surface area contributed by atoms with Crippen LogP contribution in [0.15, 0.2) is 0 Å². The molecule has 9 heteroatoms. The maximum Gasteiger partial charge on any atom is 0.412 e. The Bertz CT molecular complexity index is 630. The summed E-state index contributed by atoms with van der Waals surface area (Å²) in [6, 6.07) is -0.0144. The van der Waals surface area contributed by atoms with Crippen molar-refractivity contribution in [3.8, 4) is 0 Å². The van der Waals surface area contributed by atoms with E-state index in [0.717, 1.165) is 18.6 Å². The summed E-state index contributed by atoms with van der Waals surface area (Å²) in [5, 5.41) is 18.8. The molecule has 0 saturated carbocycles. The molecule has 0 aromatic carbocycles. The average Bonchev–Trinajstić information content (AvgIpc) is 3.15. The Labute approximate surface area is 190 Å². The van der Waals surface area contributed by atoms with Gasteiger partial charge in [0, 0.05) is 22.8 Å². The van der Waals surface area contributed by atoms with Crippen LogP contribution in [0.5, 0.6) is 0 Å². The lowest BCUT2D eigenvalue weighted by atomic mass is 9.94. The number of carbonyl (C=O) groups excluding carboxylic acids is 2. The molecule has 2 aliphatic rings. The Kier molecular flexibility index (Phi) is 8.69. The lowest BCUT2D eigenvalue weighted by molar-refractivity contribution is -0.149. The Morgan fingerprint density at radius 2 is 1.81 bits per heavy atom. The molecule has 8 nitrogen and oxygen atoms in total. The van der Waals surface area contributed by atoms with Gasteiger partial charge in [-0.1, -0.05) is 13.3 Å². The third-order valence-electron chi connectivity index (χ3n) is 5.62. The van der Waals surface area contributed by atoms with Crippen molar-refractivity contribution in [2.75, 3.05) is 25.6 Å². The number of ether oxygens (including phenoxy) is 3. The molecule has 0 aromatic rings. The molecule has 2 aliphatic heterocycles. The number of aliphatic hydroxyl groups is 2. The monoisotopic (exact) mass is 461 g/mol. The summed E-state index contributed by atoms with van der Waals surface area (Å²) >= 11 is 1.81. The summed E-state index contributed by atoms with van der Waals surface area (Å²) in [7, 11) is 0. The Morgan fingerprint density at radius 1 is 1.16 bits per heavy atom. The molecule has 2 N–H and O–H groups in total. The van der Waals surface area contributed by atoms with Gasteiger partial charge in [-0.05, 0) is 47.5 Å². The van der Waals surface area contributed by atoms with Crippen LogP contribution in [0, 0.1) is 5.41 Å². The van der Waals surface area contributed by atoms with Crippen molar-refractivity contribution in [3.05, 3.63) is 0 Å². The van der Waals surface area contributed by atoms with Crippen LogP contribution in [0.4, 0.5) is 4.79 Å². The van der Waals surface area contributed by atoms with E-state index in [0.29, 0.717) is 12.8 Å². The van der Waals surface area contributed by atoms with Crippen LogP contribution in [0.3, 0.4) is 0 Å². The standard InChI is InChI=1S/C22H39NO7S/c1-20(2,3)30-19(27)23-15-11-31-16(18(15)29-21(23,4)5)9-7-8-10-17(26)28-14-22(6,12-24)13-25/h15-16,18,24-25H,7-14H2,1-6H3/t15-,16-,18-/m0/s1. The highest BCUT2D eigenvalue weighted by molar-refractivity contribution is 8.00. The second kappa shape index (κ2) is 10.3. The normalized spacial score (nSPS) is 25.4. The van der Waals surface area contributed by atoms with Crippen LogP contribution >= 0.6 is 11.8 Å². The fourth-order valence-electron chi connectivity index (χ4n) is 3.82. The van der Waals surface area contributed by atoms with E-state index < -0.39 is 16.7 Å². The maximum atomic E-state index is 12.8. The minimum atomic E-state index is -0.808. The van der Waals surface area contributed by atoms with Gasteiger partial charge in [0.1, 0.15) is 17.9 Å². The van der Waals surface area contributed by atoms with Crippen molar-refractivity contribution in [1.29, 1.82) is 0 Å². The van der Waals surface area contributed by atoms with Gasteiger partial charge in [-0.15, -0.1) is 0 Å². The van der Waals surface area contributed by atoms with Gasteiger partial charge in [0.05, 0.1) is 25.4 Å². The average molecular weight is 462 g/mol. The highest BCUT2D eigenvalue weighted by Crippen LogP contribution is 2.45. The van der Waals surface area contributed by atoms with E-state index in [9.17, 15) is 19.8 Å². The number of amides is 1. The molecular formula is C22H39NO7S. The number of esters is 1. The van der Waals surface area contributed by atoms with Crippen molar-refractivity contribution >= 4 is 23.8 Å². The maximum absolute atomic E-state index is 12.8. The van der Waals surface area contributed by atoms with Crippen LogP contribution in [-0.4, -0.2) is 81.5 Å². The van der Waals surface area contributed by atoms with E-state index in [2.05, 4.69) is 0 Å². The Balaban J connectivity index is 1.79. The lowest BCUT2D eigenvalue weighted by Crippen LogP contribution is -2.50. The highest BCUT2D eigenvalue weighted by Gasteiger charge is 2.56. The van der Waals surface area contributed by atoms with Crippen LogP contribution in [0.25, 0.3) is 0 Å². The molecule has 2 fully saturated rings. The molecular weight excluding hydrogens is 422 g/mol. The van der Waals surface area contributed by atoms with Gasteiger partial charge < -0.3 is 24.4 Å². The number of thioether (sulfide) groups is 1. The fraction of sp³-hybridized carbons (Fsp3) is 0.909. The summed E-state index contributed by atoms with van der Waals surface area (Å²) in [5.41, 5.74) is -2.08.